The number of nitrogens with zero attached hydrogens (tertiary/aromatic N) is 1. The van der Waals surface area contributed by atoms with Gasteiger partial charge in [0.1, 0.15) is 0 Å². The fourth-order valence-electron chi connectivity index (χ4n) is 2.72. The summed E-state index contributed by atoms with van der Waals surface area (Å²) in [6.45, 7) is 5.72. The second-order valence-corrected chi connectivity index (χ2v) is 8.22. The maximum absolute atomic E-state index is 12.2. The molecule has 1 atom stereocenters. The molecule has 0 aromatic heterocycles. The molecule has 0 fully saturated rings. The van der Waals surface area contributed by atoms with Gasteiger partial charge in [0.15, 0.2) is 0 Å². The molecule has 2 amide bonds. The quantitative estimate of drug-likeness (QED) is 0.837. The average molecular weight is 335 g/mol. The molecule has 5 nitrogen and oxygen atoms in total. The molecule has 23 heavy (non-hydrogen) atoms. The smallest absolute Gasteiger partial charge is 0.238 e. The van der Waals surface area contributed by atoms with Crippen molar-refractivity contribution in [3.63, 3.8) is 0 Å². The van der Waals surface area contributed by atoms with Crippen molar-refractivity contribution in [2.45, 2.75) is 30.4 Å². The van der Waals surface area contributed by atoms with Crippen LogP contribution in [-0.4, -0.2) is 49.1 Å². The van der Waals surface area contributed by atoms with Gasteiger partial charge in [0.25, 0.3) is 0 Å². The van der Waals surface area contributed by atoms with Gasteiger partial charge in [-0.25, -0.2) is 0 Å². The van der Waals surface area contributed by atoms with Gasteiger partial charge in [-0.2, -0.15) is 0 Å². The van der Waals surface area contributed by atoms with E-state index in [1.54, 1.807) is 0 Å². The maximum Gasteiger partial charge on any atom is 0.238 e. The lowest BCUT2D eigenvalue weighted by atomic mass is 9.93. The van der Waals surface area contributed by atoms with Crippen molar-refractivity contribution in [2.75, 3.05) is 32.5 Å². The van der Waals surface area contributed by atoms with Gasteiger partial charge >= 0.3 is 0 Å². The van der Waals surface area contributed by atoms with E-state index in [0.29, 0.717) is 6.54 Å². The molecule has 0 unspecified atom stereocenters. The van der Waals surface area contributed by atoms with E-state index in [4.69, 9.17) is 0 Å². The van der Waals surface area contributed by atoms with Crippen LogP contribution >= 0.6 is 11.8 Å². The second kappa shape index (κ2) is 7.36. The lowest BCUT2D eigenvalue weighted by Crippen LogP contribution is -2.41. The molecular weight excluding hydrogens is 310 g/mol. The molecule has 6 heteroatoms. The first-order valence-electron chi connectivity index (χ1n) is 7.75. The van der Waals surface area contributed by atoms with Crippen molar-refractivity contribution >= 4 is 29.3 Å². The van der Waals surface area contributed by atoms with Gasteiger partial charge in [0.2, 0.25) is 11.8 Å². The Kier molecular flexibility index (Phi) is 5.70. The van der Waals surface area contributed by atoms with Crippen LogP contribution in [0.4, 0.5) is 5.69 Å². The molecule has 126 valence electrons. The summed E-state index contributed by atoms with van der Waals surface area (Å²) < 4.78 is 0. The van der Waals surface area contributed by atoms with Gasteiger partial charge in [-0.1, -0.05) is 26.0 Å². The SMILES string of the molecule is CN(C)CC(C)(C)CNC(=O)C[C@@H]1Sc2ccccc2NC1=O. The molecule has 1 aromatic rings. The summed E-state index contributed by atoms with van der Waals surface area (Å²) in [5, 5.41) is 5.46. The summed E-state index contributed by atoms with van der Waals surface area (Å²) in [4.78, 5) is 27.4. The topological polar surface area (TPSA) is 61.4 Å². The number of amides is 2. The van der Waals surface area contributed by atoms with Gasteiger partial charge in [0, 0.05) is 24.4 Å². The zero-order valence-electron chi connectivity index (χ0n) is 14.2. The van der Waals surface area contributed by atoms with E-state index < -0.39 is 0 Å². The number of nitrogens with one attached hydrogen (secondary N) is 2. The van der Waals surface area contributed by atoms with Gasteiger partial charge in [-0.15, -0.1) is 11.8 Å². The van der Waals surface area contributed by atoms with Crippen LogP contribution in [0.5, 0.6) is 0 Å². The number of rotatable bonds is 6. The largest absolute Gasteiger partial charge is 0.355 e. The molecule has 2 rings (SSSR count). The number of anilines is 1. The van der Waals surface area contributed by atoms with E-state index in [2.05, 4.69) is 29.4 Å². The first-order chi connectivity index (χ1) is 10.8. The van der Waals surface area contributed by atoms with Crippen molar-refractivity contribution in [3.05, 3.63) is 24.3 Å². The van der Waals surface area contributed by atoms with E-state index in [9.17, 15) is 9.59 Å². The minimum Gasteiger partial charge on any atom is -0.355 e. The van der Waals surface area contributed by atoms with Gasteiger partial charge in [-0.3, -0.25) is 9.59 Å². The van der Waals surface area contributed by atoms with E-state index in [1.165, 1.54) is 11.8 Å². The molecule has 0 bridgehead atoms. The lowest BCUT2D eigenvalue weighted by molar-refractivity contribution is -0.124. The Morgan fingerprint density at radius 1 is 1.35 bits per heavy atom. The van der Waals surface area contributed by atoms with Gasteiger partial charge < -0.3 is 15.5 Å². The summed E-state index contributed by atoms with van der Waals surface area (Å²) in [6.07, 6.45) is 0.197. The van der Waals surface area contributed by atoms with Crippen LogP contribution in [0.2, 0.25) is 0 Å². The summed E-state index contributed by atoms with van der Waals surface area (Å²) >= 11 is 1.46. The zero-order chi connectivity index (χ0) is 17.0. The first-order valence-corrected chi connectivity index (χ1v) is 8.63. The molecule has 0 spiro atoms. The van der Waals surface area contributed by atoms with E-state index >= 15 is 0 Å². The number of thioether (sulfide) groups is 1. The maximum atomic E-state index is 12.2. The van der Waals surface area contributed by atoms with Crippen LogP contribution in [0.15, 0.2) is 29.2 Å². The number of hydrogen-bond acceptors (Lipinski definition) is 4. The zero-order valence-corrected chi connectivity index (χ0v) is 15.0. The fourth-order valence-corrected chi connectivity index (χ4v) is 3.83. The Hall–Kier alpha value is -1.53. The Labute approximate surface area is 142 Å². The van der Waals surface area contributed by atoms with Crippen LogP contribution in [0.1, 0.15) is 20.3 Å². The molecule has 1 heterocycles. The minimum absolute atomic E-state index is 0.00622. The van der Waals surface area contributed by atoms with Crippen molar-refractivity contribution in [1.82, 2.24) is 10.2 Å². The normalized spacial score (nSPS) is 17.6. The third-order valence-electron chi connectivity index (χ3n) is 3.59. The van der Waals surface area contributed by atoms with Crippen LogP contribution in [0.25, 0.3) is 0 Å². The number of fused-ring (bicyclic) bond motifs is 1. The number of benzene rings is 1. The van der Waals surface area contributed by atoms with Crippen LogP contribution in [0.3, 0.4) is 0 Å². The van der Waals surface area contributed by atoms with Crippen molar-refractivity contribution in [2.24, 2.45) is 5.41 Å². The van der Waals surface area contributed by atoms with Crippen LogP contribution < -0.4 is 10.6 Å². The van der Waals surface area contributed by atoms with E-state index in [0.717, 1.165) is 17.1 Å². The molecule has 0 radical (unpaired) electrons. The molecule has 0 aliphatic carbocycles. The van der Waals surface area contributed by atoms with Crippen LogP contribution in [-0.2, 0) is 9.59 Å². The molecule has 2 N–H and O–H groups in total. The van der Waals surface area contributed by atoms with Gasteiger partial charge in [-0.05, 0) is 31.6 Å². The van der Waals surface area contributed by atoms with Crippen molar-refractivity contribution < 1.29 is 9.59 Å². The second-order valence-electron chi connectivity index (χ2n) is 6.97. The summed E-state index contributed by atoms with van der Waals surface area (Å²) in [7, 11) is 4.04. The summed E-state index contributed by atoms with van der Waals surface area (Å²) in [5.74, 6) is -0.180. The summed E-state index contributed by atoms with van der Waals surface area (Å²) in [5.41, 5.74) is 0.819. The first kappa shape index (κ1) is 17.8. The number of carbonyl (C=O) groups excluding carboxylic acids is 2. The highest BCUT2D eigenvalue weighted by Gasteiger charge is 2.29. The Balaban J connectivity index is 1.87. The van der Waals surface area contributed by atoms with Crippen molar-refractivity contribution in [3.8, 4) is 0 Å². The lowest BCUT2D eigenvalue weighted by Gasteiger charge is -2.29. The van der Waals surface area contributed by atoms with Gasteiger partial charge in [0.05, 0.1) is 10.9 Å². The Bertz CT molecular complexity index is 587. The summed E-state index contributed by atoms with van der Waals surface area (Å²) in [6, 6.07) is 7.66. The number of para-hydroxylation sites is 1. The number of carbonyl (C=O) groups is 2. The molecule has 1 aromatic carbocycles. The highest BCUT2D eigenvalue weighted by molar-refractivity contribution is 8.01. The molecule has 1 aliphatic rings. The molecule has 0 saturated heterocycles. The third kappa shape index (κ3) is 5.25. The fraction of sp³-hybridized carbons (Fsp3) is 0.529. The predicted molar refractivity (Wildman–Crippen MR) is 94.7 cm³/mol. The average Bonchev–Trinajstić information content (AvgIpc) is 2.45. The molecular formula is C17H25N3O2S. The number of hydrogen-bond donors (Lipinski definition) is 2. The minimum atomic E-state index is -0.373. The molecule has 1 aliphatic heterocycles. The monoisotopic (exact) mass is 335 g/mol. The predicted octanol–water partition coefficient (Wildman–Crippen LogP) is 2.19. The third-order valence-corrected chi connectivity index (χ3v) is 4.86. The van der Waals surface area contributed by atoms with Crippen molar-refractivity contribution in [1.29, 1.82) is 0 Å². The van der Waals surface area contributed by atoms with E-state index in [1.807, 2.05) is 38.4 Å². The Morgan fingerprint density at radius 3 is 2.74 bits per heavy atom. The Morgan fingerprint density at radius 2 is 2.04 bits per heavy atom. The standard InChI is InChI=1S/C17H25N3O2S/c1-17(2,11-20(3)4)10-18-15(21)9-14-16(22)19-12-7-5-6-8-13(12)23-14/h5-8,14H,9-11H2,1-4H3,(H,18,21)(H,19,22)/t14-/m0/s1. The highest BCUT2D eigenvalue weighted by Crippen LogP contribution is 2.36. The van der Waals surface area contributed by atoms with Crippen LogP contribution in [0, 0.1) is 5.41 Å². The van der Waals surface area contributed by atoms with E-state index in [-0.39, 0.29) is 28.9 Å². The highest BCUT2D eigenvalue weighted by atomic mass is 32.2. The molecule has 0 saturated carbocycles.